The molecule has 1 fully saturated rings. The van der Waals surface area contributed by atoms with E-state index in [1.807, 2.05) is 0 Å². The van der Waals surface area contributed by atoms with Crippen LogP contribution in [0.5, 0.6) is 0 Å². The Hall–Kier alpha value is -1.40. The molecular weight excluding hydrogens is 576 g/mol. The predicted octanol–water partition coefficient (Wildman–Crippen LogP) is 11.1. The lowest BCUT2D eigenvalue weighted by Gasteiger charge is -2.12. The molecule has 0 saturated carbocycles. The van der Waals surface area contributed by atoms with E-state index in [1.165, 1.54) is 116 Å². The topological polar surface area (TPSA) is 85.4 Å². The van der Waals surface area contributed by atoms with E-state index in [0.29, 0.717) is 25.0 Å². The quantitative estimate of drug-likeness (QED) is 0.0318. The minimum Gasteiger partial charge on any atom is -0.463 e. The first-order valence-corrected chi connectivity index (χ1v) is 19.9. The molecule has 0 aromatic carbocycles. The fourth-order valence-electron chi connectivity index (χ4n) is 6.03. The maximum absolute atomic E-state index is 12.0. The Morgan fingerprint density at radius 3 is 1.46 bits per heavy atom. The second-order valence-electron chi connectivity index (χ2n) is 13.8. The summed E-state index contributed by atoms with van der Waals surface area (Å²) in [6, 6.07) is 0. The summed E-state index contributed by atoms with van der Waals surface area (Å²) in [7, 11) is 0. The van der Waals surface area contributed by atoms with Gasteiger partial charge in [0.25, 0.3) is 0 Å². The van der Waals surface area contributed by atoms with Gasteiger partial charge in [0.15, 0.2) is 0 Å². The fourth-order valence-corrected chi connectivity index (χ4v) is 6.03. The molecule has 0 radical (unpaired) electrons. The van der Waals surface area contributed by atoms with E-state index in [-0.39, 0.29) is 25.2 Å². The summed E-state index contributed by atoms with van der Waals surface area (Å²) in [5.74, 6) is -0.579. The molecule has 270 valence electrons. The monoisotopic (exact) mass is 651 g/mol. The Labute approximate surface area is 284 Å². The number of unbranched alkanes of at least 4 members (excludes halogenated alkanes) is 22. The van der Waals surface area contributed by atoms with Crippen LogP contribution < -0.4 is 0 Å². The third-order valence-corrected chi connectivity index (χ3v) is 9.17. The van der Waals surface area contributed by atoms with Crippen LogP contribution in [0.4, 0.5) is 0 Å². The molecule has 46 heavy (non-hydrogen) atoms. The zero-order chi connectivity index (χ0) is 33.3. The zero-order valence-corrected chi connectivity index (χ0v) is 30.3. The molecule has 1 aliphatic rings. The third-order valence-electron chi connectivity index (χ3n) is 9.17. The molecule has 0 bridgehead atoms. The standard InChI is InChI=1S/C40H74O6/c1-3-5-7-9-11-12-13-14-15-16-17-18-19-20-24-28-32-39(42)44-34-36(41)35-45-40(43)33-29-25-21-23-27-31-38-37(46-38)30-26-22-10-8-6-4-2/h22,26,36-38,41H,3-21,23-25,27-35H2,1-2H3/b26-22-/t36-,37?,38?/m1/s1. The van der Waals surface area contributed by atoms with Crippen molar-refractivity contribution in [3.8, 4) is 0 Å². The van der Waals surface area contributed by atoms with Gasteiger partial charge in [-0.25, -0.2) is 0 Å². The van der Waals surface area contributed by atoms with Crippen LogP contribution >= 0.6 is 0 Å². The van der Waals surface area contributed by atoms with Gasteiger partial charge in [0.1, 0.15) is 19.3 Å². The summed E-state index contributed by atoms with van der Waals surface area (Å²) < 4.78 is 16.1. The number of hydrogen-bond acceptors (Lipinski definition) is 6. The number of allylic oxidation sites excluding steroid dienone is 1. The van der Waals surface area contributed by atoms with Gasteiger partial charge in [-0.05, 0) is 38.5 Å². The van der Waals surface area contributed by atoms with Crippen molar-refractivity contribution in [1.29, 1.82) is 0 Å². The highest BCUT2D eigenvalue weighted by molar-refractivity contribution is 5.69. The highest BCUT2D eigenvalue weighted by Gasteiger charge is 2.36. The number of hydrogen-bond donors (Lipinski definition) is 1. The van der Waals surface area contributed by atoms with Crippen LogP contribution in [0.25, 0.3) is 0 Å². The summed E-state index contributed by atoms with van der Waals surface area (Å²) in [4.78, 5) is 24.0. The van der Waals surface area contributed by atoms with E-state index < -0.39 is 6.10 Å². The lowest BCUT2D eigenvalue weighted by Crippen LogP contribution is -2.25. The summed E-state index contributed by atoms with van der Waals surface area (Å²) in [5.41, 5.74) is 0. The van der Waals surface area contributed by atoms with Crippen molar-refractivity contribution < 1.29 is 28.9 Å². The molecular formula is C40H74O6. The summed E-state index contributed by atoms with van der Waals surface area (Å²) in [6.45, 7) is 4.26. The van der Waals surface area contributed by atoms with Crippen molar-refractivity contribution in [2.75, 3.05) is 13.2 Å². The van der Waals surface area contributed by atoms with Gasteiger partial charge in [-0.3, -0.25) is 9.59 Å². The number of aliphatic hydroxyl groups excluding tert-OH is 1. The van der Waals surface area contributed by atoms with E-state index in [2.05, 4.69) is 26.0 Å². The predicted molar refractivity (Wildman–Crippen MR) is 191 cm³/mol. The Morgan fingerprint density at radius 1 is 0.565 bits per heavy atom. The molecule has 0 aliphatic carbocycles. The highest BCUT2D eigenvalue weighted by atomic mass is 16.6. The maximum Gasteiger partial charge on any atom is 0.305 e. The Kier molecular flexibility index (Phi) is 29.8. The smallest absolute Gasteiger partial charge is 0.305 e. The fraction of sp³-hybridized carbons (Fsp3) is 0.900. The molecule has 3 atom stereocenters. The van der Waals surface area contributed by atoms with Crippen LogP contribution in [0.1, 0.15) is 200 Å². The molecule has 1 heterocycles. The number of epoxide rings is 1. The molecule has 6 nitrogen and oxygen atoms in total. The number of aliphatic hydroxyl groups is 1. The van der Waals surface area contributed by atoms with Crippen molar-refractivity contribution in [3.63, 3.8) is 0 Å². The number of carbonyl (C=O) groups is 2. The first-order chi connectivity index (χ1) is 22.6. The van der Waals surface area contributed by atoms with Crippen molar-refractivity contribution in [1.82, 2.24) is 0 Å². The molecule has 0 aromatic rings. The van der Waals surface area contributed by atoms with E-state index >= 15 is 0 Å². The van der Waals surface area contributed by atoms with Gasteiger partial charge in [-0.15, -0.1) is 0 Å². The average Bonchev–Trinajstić information content (AvgIpc) is 3.81. The minimum absolute atomic E-state index is 0.119. The van der Waals surface area contributed by atoms with Crippen LogP contribution in [0.3, 0.4) is 0 Å². The number of ether oxygens (including phenoxy) is 3. The van der Waals surface area contributed by atoms with Crippen molar-refractivity contribution in [2.45, 2.75) is 218 Å². The van der Waals surface area contributed by atoms with Crippen molar-refractivity contribution in [3.05, 3.63) is 12.2 Å². The van der Waals surface area contributed by atoms with Crippen LogP contribution in [0.15, 0.2) is 12.2 Å². The van der Waals surface area contributed by atoms with E-state index in [0.717, 1.165) is 57.8 Å². The summed E-state index contributed by atoms with van der Waals surface area (Å²) in [5, 5.41) is 10.0. The van der Waals surface area contributed by atoms with Crippen molar-refractivity contribution >= 4 is 11.9 Å². The molecule has 0 amide bonds. The summed E-state index contributed by atoms with van der Waals surface area (Å²) in [6.07, 6.45) is 38.6. The number of esters is 2. The minimum atomic E-state index is -0.969. The second kappa shape index (κ2) is 32.2. The SMILES string of the molecule is CCCCC/C=C\CC1OC1CCCCCCCC(=O)OC[C@H](O)COC(=O)CCCCCCCCCCCCCCCCCC. The van der Waals surface area contributed by atoms with Gasteiger partial charge >= 0.3 is 11.9 Å². The lowest BCUT2D eigenvalue weighted by atomic mass is 10.0. The van der Waals surface area contributed by atoms with Crippen LogP contribution in [0, 0.1) is 0 Å². The molecule has 0 aromatic heterocycles. The van der Waals surface area contributed by atoms with Crippen LogP contribution in [0.2, 0.25) is 0 Å². The Morgan fingerprint density at radius 2 is 0.978 bits per heavy atom. The van der Waals surface area contributed by atoms with Gasteiger partial charge in [0.05, 0.1) is 12.2 Å². The van der Waals surface area contributed by atoms with E-state index in [9.17, 15) is 14.7 Å². The molecule has 0 spiro atoms. The highest BCUT2D eigenvalue weighted by Crippen LogP contribution is 2.30. The number of rotatable bonds is 35. The summed E-state index contributed by atoms with van der Waals surface area (Å²) >= 11 is 0. The third kappa shape index (κ3) is 28.8. The van der Waals surface area contributed by atoms with Gasteiger partial charge in [-0.1, -0.05) is 161 Å². The van der Waals surface area contributed by atoms with Gasteiger partial charge < -0.3 is 19.3 Å². The number of carbonyl (C=O) groups excluding carboxylic acids is 2. The van der Waals surface area contributed by atoms with E-state index in [1.54, 1.807) is 0 Å². The average molecular weight is 651 g/mol. The first-order valence-electron chi connectivity index (χ1n) is 19.9. The van der Waals surface area contributed by atoms with Gasteiger partial charge in [0, 0.05) is 12.8 Å². The van der Waals surface area contributed by atoms with Crippen LogP contribution in [-0.4, -0.2) is 48.6 Å². The molecule has 6 heteroatoms. The van der Waals surface area contributed by atoms with Gasteiger partial charge in [-0.2, -0.15) is 0 Å². The normalized spacial score (nSPS) is 16.6. The molecule has 1 rings (SSSR count). The Balaban J connectivity index is 1.80. The second-order valence-corrected chi connectivity index (χ2v) is 13.8. The van der Waals surface area contributed by atoms with Crippen molar-refractivity contribution in [2.24, 2.45) is 0 Å². The van der Waals surface area contributed by atoms with Crippen LogP contribution in [-0.2, 0) is 23.8 Å². The maximum atomic E-state index is 12.0. The molecule has 1 N–H and O–H groups in total. The Bertz CT molecular complexity index is 723. The first kappa shape index (κ1) is 42.6. The zero-order valence-electron chi connectivity index (χ0n) is 30.3. The largest absolute Gasteiger partial charge is 0.463 e. The lowest BCUT2D eigenvalue weighted by molar-refractivity contribution is -0.152. The molecule has 1 aliphatic heterocycles. The van der Waals surface area contributed by atoms with E-state index in [4.69, 9.17) is 14.2 Å². The molecule has 2 unspecified atom stereocenters. The molecule has 1 saturated heterocycles. The van der Waals surface area contributed by atoms with Gasteiger partial charge in [0.2, 0.25) is 0 Å².